The van der Waals surface area contributed by atoms with Crippen molar-refractivity contribution in [3.05, 3.63) is 0 Å². The lowest BCUT2D eigenvalue weighted by Gasteiger charge is -2.34. The topological polar surface area (TPSA) is 27.7 Å². The average Bonchev–Trinajstić information content (AvgIpc) is 2.42. The molecule has 0 spiro atoms. The van der Waals surface area contributed by atoms with Gasteiger partial charge in [-0.15, -0.1) is 0 Å². The highest BCUT2D eigenvalue weighted by Gasteiger charge is 2.72. The van der Waals surface area contributed by atoms with Gasteiger partial charge in [0.2, 0.25) is 0 Å². The van der Waals surface area contributed by atoms with E-state index in [1.807, 2.05) is 0 Å². The molecule has 0 bridgehead atoms. The molecule has 13 heteroatoms. The molecule has 0 aliphatic carbocycles. The minimum atomic E-state index is -6.07. The number of hydrogen-bond donors (Lipinski definition) is 0. The maximum absolute atomic E-state index is 13.6. The summed E-state index contributed by atoms with van der Waals surface area (Å²) in [6, 6.07) is 0. The molecule has 0 aliphatic heterocycles. The fraction of sp³-hybridized carbons (Fsp3) is 1.00. The number of alkyl halides is 10. The normalized spacial score (nSPS) is 15.4. The Balaban J connectivity index is 5.11. The Morgan fingerprint density at radius 1 is 0.643 bits per heavy atom. The first-order chi connectivity index (χ1) is 12.1. The van der Waals surface area contributed by atoms with Gasteiger partial charge in [-0.2, -0.15) is 43.9 Å². The van der Waals surface area contributed by atoms with Crippen LogP contribution in [0.2, 0.25) is 0 Å². The van der Waals surface area contributed by atoms with E-state index in [2.05, 4.69) is 14.2 Å². The first-order valence-electron chi connectivity index (χ1n) is 7.87. The predicted molar refractivity (Wildman–Crippen MR) is 77.5 cm³/mol. The zero-order valence-corrected chi connectivity index (χ0v) is 15.7. The Hall–Kier alpha value is -0.820. The standard InChI is InChI=1S/C15H22F10O3/c1-9(2)28-15(24,25)13(20,21)7-26-6-11(16,17)14(22,23)12(18,19)8-27-10(3,4)5/h9H,6-8H2,1-5H3. The highest BCUT2D eigenvalue weighted by Crippen LogP contribution is 2.46. The molecule has 170 valence electrons. The average molecular weight is 440 g/mol. The van der Waals surface area contributed by atoms with E-state index < -0.39 is 61.3 Å². The van der Waals surface area contributed by atoms with Gasteiger partial charge in [-0.1, -0.05) is 0 Å². The third kappa shape index (κ3) is 6.90. The second-order valence-corrected chi connectivity index (χ2v) is 7.26. The zero-order chi connectivity index (χ0) is 22.8. The van der Waals surface area contributed by atoms with Crippen LogP contribution in [0.4, 0.5) is 43.9 Å². The first-order valence-corrected chi connectivity index (χ1v) is 7.87. The van der Waals surface area contributed by atoms with E-state index in [1.54, 1.807) is 0 Å². The number of halogens is 10. The first kappa shape index (κ1) is 27.2. The zero-order valence-electron chi connectivity index (χ0n) is 15.7. The Kier molecular flexibility index (Phi) is 8.26. The summed E-state index contributed by atoms with van der Waals surface area (Å²) in [5.74, 6) is -22.3. The summed E-state index contributed by atoms with van der Waals surface area (Å²) in [6.07, 6.45) is -6.56. The molecule has 0 unspecified atom stereocenters. The highest BCUT2D eigenvalue weighted by molar-refractivity contribution is 4.97. The van der Waals surface area contributed by atoms with Crippen molar-refractivity contribution in [2.75, 3.05) is 19.8 Å². The molecule has 0 atom stereocenters. The molecule has 0 saturated carbocycles. The summed E-state index contributed by atoms with van der Waals surface area (Å²) in [5, 5.41) is 0. The van der Waals surface area contributed by atoms with Crippen LogP contribution in [0.5, 0.6) is 0 Å². The molecular formula is C15H22F10O3. The van der Waals surface area contributed by atoms with Crippen molar-refractivity contribution in [3.63, 3.8) is 0 Å². The molecule has 0 radical (unpaired) electrons. The van der Waals surface area contributed by atoms with Crippen molar-refractivity contribution in [2.45, 2.75) is 76.1 Å². The Bertz CT molecular complexity index is 501. The summed E-state index contributed by atoms with van der Waals surface area (Å²) in [6.45, 7) is -1.70. The fourth-order valence-electron chi connectivity index (χ4n) is 1.53. The van der Waals surface area contributed by atoms with Gasteiger partial charge in [-0.25, -0.2) is 0 Å². The fourth-order valence-corrected chi connectivity index (χ4v) is 1.53. The molecule has 28 heavy (non-hydrogen) atoms. The molecule has 3 nitrogen and oxygen atoms in total. The summed E-state index contributed by atoms with van der Waals surface area (Å²) in [7, 11) is 0. The van der Waals surface area contributed by atoms with E-state index >= 15 is 0 Å². The molecule has 0 heterocycles. The number of rotatable bonds is 11. The molecule has 0 aromatic rings. The van der Waals surface area contributed by atoms with E-state index in [-0.39, 0.29) is 0 Å². The van der Waals surface area contributed by atoms with Gasteiger partial charge >= 0.3 is 29.8 Å². The van der Waals surface area contributed by atoms with Crippen LogP contribution in [0.3, 0.4) is 0 Å². The van der Waals surface area contributed by atoms with E-state index in [4.69, 9.17) is 0 Å². The summed E-state index contributed by atoms with van der Waals surface area (Å²) in [5.41, 5.74) is -1.37. The van der Waals surface area contributed by atoms with Crippen molar-refractivity contribution < 1.29 is 58.1 Å². The van der Waals surface area contributed by atoms with E-state index in [0.29, 0.717) is 0 Å². The van der Waals surface area contributed by atoms with Crippen molar-refractivity contribution >= 4 is 0 Å². The van der Waals surface area contributed by atoms with Crippen molar-refractivity contribution in [1.82, 2.24) is 0 Å². The molecule has 0 amide bonds. The molecular weight excluding hydrogens is 418 g/mol. The lowest BCUT2D eigenvalue weighted by atomic mass is 10.1. The second-order valence-electron chi connectivity index (χ2n) is 7.26. The van der Waals surface area contributed by atoms with Gasteiger partial charge in [0.15, 0.2) is 0 Å². The van der Waals surface area contributed by atoms with Crippen LogP contribution in [-0.4, -0.2) is 61.3 Å². The van der Waals surface area contributed by atoms with Gasteiger partial charge in [0.25, 0.3) is 0 Å². The van der Waals surface area contributed by atoms with Crippen LogP contribution in [0.1, 0.15) is 34.6 Å². The van der Waals surface area contributed by atoms with Crippen LogP contribution in [0.25, 0.3) is 0 Å². The Morgan fingerprint density at radius 2 is 1.04 bits per heavy atom. The maximum Gasteiger partial charge on any atom is 0.422 e. The van der Waals surface area contributed by atoms with Crippen molar-refractivity contribution in [2.24, 2.45) is 0 Å². The third-order valence-electron chi connectivity index (χ3n) is 2.98. The van der Waals surface area contributed by atoms with Crippen LogP contribution >= 0.6 is 0 Å². The lowest BCUT2D eigenvalue weighted by molar-refractivity contribution is -0.372. The smallest absolute Gasteiger partial charge is 0.369 e. The predicted octanol–water partition coefficient (Wildman–Crippen LogP) is 5.38. The maximum atomic E-state index is 13.6. The van der Waals surface area contributed by atoms with Crippen molar-refractivity contribution in [1.29, 1.82) is 0 Å². The van der Waals surface area contributed by atoms with Gasteiger partial charge in [0.05, 0.1) is 11.7 Å². The number of hydrogen-bond acceptors (Lipinski definition) is 3. The van der Waals surface area contributed by atoms with E-state index in [0.717, 1.165) is 13.8 Å². The van der Waals surface area contributed by atoms with Crippen LogP contribution in [-0.2, 0) is 14.2 Å². The minimum Gasteiger partial charge on any atom is -0.369 e. The lowest BCUT2D eigenvalue weighted by Crippen LogP contribution is -2.59. The number of ether oxygens (including phenoxy) is 3. The van der Waals surface area contributed by atoms with Crippen LogP contribution < -0.4 is 0 Å². The molecule has 0 aromatic carbocycles. The largest absolute Gasteiger partial charge is 0.422 e. The van der Waals surface area contributed by atoms with Crippen LogP contribution in [0, 0.1) is 0 Å². The summed E-state index contributed by atoms with van der Waals surface area (Å²) in [4.78, 5) is 0. The molecule has 0 N–H and O–H groups in total. The summed E-state index contributed by atoms with van der Waals surface area (Å²) >= 11 is 0. The van der Waals surface area contributed by atoms with Gasteiger partial charge in [-0.3, -0.25) is 0 Å². The van der Waals surface area contributed by atoms with Gasteiger partial charge in [0, 0.05) is 0 Å². The molecule has 0 aliphatic rings. The van der Waals surface area contributed by atoms with Gasteiger partial charge < -0.3 is 14.2 Å². The SMILES string of the molecule is CC(C)OC(F)(F)C(F)(F)COCC(F)(F)C(F)(F)C(F)(F)COC(C)(C)C. The third-order valence-corrected chi connectivity index (χ3v) is 2.98. The molecule has 0 rings (SSSR count). The van der Waals surface area contributed by atoms with Gasteiger partial charge in [0.1, 0.15) is 19.8 Å². The van der Waals surface area contributed by atoms with E-state index in [1.165, 1.54) is 20.8 Å². The quantitative estimate of drug-likeness (QED) is 0.404. The summed E-state index contributed by atoms with van der Waals surface area (Å²) < 4.78 is 146. The van der Waals surface area contributed by atoms with Gasteiger partial charge in [-0.05, 0) is 34.6 Å². The molecule has 0 fully saturated rings. The monoisotopic (exact) mass is 440 g/mol. The minimum absolute atomic E-state index is 0.974. The highest BCUT2D eigenvalue weighted by atomic mass is 19.3. The van der Waals surface area contributed by atoms with E-state index in [9.17, 15) is 43.9 Å². The van der Waals surface area contributed by atoms with Crippen molar-refractivity contribution in [3.8, 4) is 0 Å². The molecule has 0 saturated heterocycles. The Morgan fingerprint density at radius 3 is 1.43 bits per heavy atom. The van der Waals surface area contributed by atoms with Crippen LogP contribution in [0.15, 0.2) is 0 Å². The second kappa shape index (κ2) is 8.50. The molecule has 0 aromatic heterocycles. The Labute approximate surface area is 155 Å².